The fourth-order valence-electron chi connectivity index (χ4n) is 2.94. The second-order valence-electron chi connectivity index (χ2n) is 6.81. The van der Waals surface area contributed by atoms with E-state index in [9.17, 15) is 4.79 Å². The minimum Gasteiger partial charge on any atom is -0.464 e. The first-order chi connectivity index (χ1) is 14.4. The zero-order valence-electron chi connectivity index (χ0n) is 17.5. The molecular weight excluding hydrogens is 382 g/mol. The van der Waals surface area contributed by atoms with Crippen LogP contribution in [0, 0.1) is 20.8 Å². The third kappa shape index (κ3) is 4.99. The number of rotatable bonds is 7. The number of hydrogen-bond donors (Lipinski definition) is 3. The molecule has 0 unspecified atom stereocenters. The lowest BCUT2D eigenvalue weighted by atomic mass is 10.0. The number of ether oxygens (including phenoxy) is 1. The summed E-state index contributed by atoms with van der Waals surface area (Å²) in [6.45, 7) is 6.95. The molecule has 0 atom stereocenters. The lowest BCUT2D eigenvalue weighted by molar-refractivity contribution is 0.0594. The second kappa shape index (κ2) is 9.17. The van der Waals surface area contributed by atoms with Crippen molar-refractivity contribution >= 4 is 23.7 Å². The Kier molecular flexibility index (Phi) is 6.41. The van der Waals surface area contributed by atoms with Crippen molar-refractivity contribution in [3.05, 3.63) is 52.8 Å². The van der Waals surface area contributed by atoms with E-state index in [2.05, 4.69) is 50.5 Å². The summed E-state index contributed by atoms with van der Waals surface area (Å²) < 4.78 is 4.71. The first-order valence-electron chi connectivity index (χ1n) is 9.50. The van der Waals surface area contributed by atoms with Gasteiger partial charge in [0.15, 0.2) is 5.69 Å². The highest BCUT2D eigenvalue weighted by Gasteiger charge is 2.11. The molecule has 0 spiro atoms. The van der Waals surface area contributed by atoms with Gasteiger partial charge in [-0.25, -0.2) is 19.7 Å². The molecule has 4 N–H and O–H groups in total. The number of aryl methyl sites for hydroxylation is 2. The Morgan fingerprint density at radius 1 is 1.03 bits per heavy atom. The number of esters is 1. The van der Waals surface area contributed by atoms with Crippen molar-refractivity contribution < 1.29 is 9.53 Å². The van der Waals surface area contributed by atoms with Crippen molar-refractivity contribution in [2.45, 2.75) is 20.8 Å². The van der Waals surface area contributed by atoms with Crippen LogP contribution in [0.15, 0.2) is 30.3 Å². The number of methoxy groups -OCH3 is 1. The molecule has 0 radical (unpaired) electrons. The first-order valence-corrected chi connectivity index (χ1v) is 9.50. The molecule has 0 saturated heterocycles. The molecule has 3 aromatic rings. The third-order valence-electron chi connectivity index (χ3n) is 4.59. The van der Waals surface area contributed by atoms with Crippen molar-refractivity contribution in [2.24, 2.45) is 0 Å². The highest BCUT2D eigenvalue weighted by atomic mass is 16.5. The maximum absolute atomic E-state index is 11.7. The summed E-state index contributed by atoms with van der Waals surface area (Å²) >= 11 is 0. The zero-order valence-corrected chi connectivity index (χ0v) is 17.5. The molecule has 0 fully saturated rings. The van der Waals surface area contributed by atoms with Crippen LogP contribution in [-0.2, 0) is 4.74 Å². The number of aromatic nitrogens is 4. The van der Waals surface area contributed by atoms with Crippen LogP contribution >= 0.6 is 0 Å². The summed E-state index contributed by atoms with van der Waals surface area (Å²) in [7, 11) is 1.32. The summed E-state index contributed by atoms with van der Waals surface area (Å²) in [4.78, 5) is 28.7. The van der Waals surface area contributed by atoms with Gasteiger partial charge in [0, 0.05) is 30.4 Å². The Balaban J connectivity index is 1.66. The van der Waals surface area contributed by atoms with Crippen LogP contribution in [0.5, 0.6) is 0 Å². The minimum atomic E-state index is -0.503. The number of carbonyl (C=O) groups is 1. The highest BCUT2D eigenvalue weighted by molar-refractivity contribution is 5.87. The van der Waals surface area contributed by atoms with E-state index in [1.54, 1.807) is 13.0 Å². The Morgan fingerprint density at radius 2 is 1.80 bits per heavy atom. The van der Waals surface area contributed by atoms with Gasteiger partial charge in [-0.2, -0.15) is 4.98 Å². The van der Waals surface area contributed by atoms with E-state index in [0.29, 0.717) is 30.5 Å². The van der Waals surface area contributed by atoms with Crippen LogP contribution in [0.2, 0.25) is 0 Å². The number of anilines is 3. The van der Waals surface area contributed by atoms with Crippen LogP contribution in [0.25, 0.3) is 11.3 Å². The Bertz CT molecular complexity index is 1070. The number of carbonyl (C=O) groups excluding carboxylic acids is 1. The molecular formula is C21H25N7O2. The highest BCUT2D eigenvalue weighted by Crippen LogP contribution is 2.25. The van der Waals surface area contributed by atoms with E-state index in [4.69, 9.17) is 10.5 Å². The number of nitrogen functional groups attached to an aromatic ring is 1. The van der Waals surface area contributed by atoms with Gasteiger partial charge in [-0.05, 0) is 38.0 Å². The maximum atomic E-state index is 11.7. The molecule has 0 aliphatic carbocycles. The number of benzene rings is 1. The predicted octanol–water partition coefficient (Wildman–Crippen LogP) is 2.75. The van der Waals surface area contributed by atoms with E-state index >= 15 is 0 Å². The lowest BCUT2D eigenvalue weighted by Gasteiger charge is -2.12. The van der Waals surface area contributed by atoms with Gasteiger partial charge in [-0.15, -0.1) is 0 Å². The average molecular weight is 407 g/mol. The van der Waals surface area contributed by atoms with Gasteiger partial charge >= 0.3 is 5.97 Å². The lowest BCUT2D eigenvalue weighted by Crippen LogP contribution is -2.17. The normalized spacial score (nSPS) is 10.5. The molecule has 2 aromatic heterocycles. The number of hydrogen-bond acceptors (Lipinski definition) is 9. The summed E-state index contributed by atoms with van der Waals surface area (Å²) in [5.41, 5.74) is 10.9. The van der Waals surface area contributed by atoms with Gasteiger partial charge < -0.3 is 21.1 Å². The van der Waals surface area contributed by atoms with Crippen LogP contribution in [0.3, 0.4) is 0 Å². The summed E-state index contributed by atoms with van der Waals surface area (Å²) in [5, 5.41) is 6.31. The molecule has 0 aliphatic heterocycles. The van der Waals surface area contributed by atoms with Gasteiger partial charge in [0.25, 0.3) is 0 Å². The van der Waals surface area contributed by atoms with Crippen molar-refractivity contribution in [3.63, 3.8) is 0 Å². The van der Waals surface area contributed by atoms with Crippen molar-refractivity contribution in [1.82, 2.24) is 19.9 Å². The molecule has 3 rings (SSSR count). The molecule has 30 heavy (non-hydrogen) atoms. The topological polar surface area (TPSA) is 128 Å². The Labute approximate surface area is 175 Å². The van der Waals surface area contributed by atoms with Gasteiger partial charge in [0.2, 0.25) is 11.9 Å². The van der Waals surface area contributed by atoms with E-state index < -0.39 is 5.97 Å². The summed E-state index contributed by atoms with van der Waals surface area (Å²) in [6.07, 6.45) is 0. The smallest absolute Gasteiger partial charge is 0.356 e. The molecule has 0 saturated carbocycles. The fraction of sp³-hybridized carbons (Fsp3) is 0.286. The van der Waals surface area contributed by atoms with E-state index in [1.807, 2.05) is 18.2 Å². The molecule has 9 nitrogen and oxygen atoms in total. The van der Waals surface area contributed by atoms with Crippen molar-refractivity contribution in [3.8, 4) is 11.3 Å². The molecule has 2 heterocycles. The molecule has 0 amide bonds. The first kappa shape index (κ1) is 21.0. The van der Waals surface area contributed by atoms with Crippen LogP contribution in [0.1, 0.15) is 27.3 Å². The number of nitrogens with one attached hydrogen (secondary N) is 2. The van der Waals surface area contributed by atoms with E-state index in [1.165, 1.54) is 12.7 Å². The fourth-order valence-corrected chi connectivity index (χ4v) is 2.94. The van der Waals surface area contributed by atoms with Crippen molar-refractivity contribution in [1.29, 1.82) is 0 Å². The van der Waals surface area contributed by atoms with Crippen molar-refractivity contribution in [2.75, 3.05) is 36.6 Å². The van der Waals surface area contributed by atoms with E-state index in [-0.39, 0.29) is 11.6 Å². The molecule has 156 valence electrons. The van der Waals surface area contributed by atoms with Gasteiger partial charge in [-0.3, -0.25) is 0 Å². The quantitative estimate of drug-likeness (QED) is 0.400. The molecule has 1 aromatic carbocycles. The second-order valence-corrected chi connectivity index (χ2v) is 6.81. The molecule has 9 heteroatoms. The van der Waals surface area contributed by atoms with Crippen LogP contribution in [0.4, 0.5) is 17.7 Å². The van der Waals surface area contributed by atoms with Gasteiger partial charge in [-0.1, -0.05) is 18.2 Å². The van der Waals surface area contributed by atoms with Crippen LogP contribution < -0.4 is 16.4 Å². The minimum absolute atomic E-state index is 0.202. The largest absolute Gasteiger partial charge is 0.464 e. The molecule has 0 aliphatic rings. The Morgan fingerprint density at radius 3 is 2.57 bits per heavy atom. The average Bonchev–Trinajstić information content (AvgIpc) is 2.72. The SMILES string of the molecule is COC(=O)c1cc(C)nc(NCCNc2cc(-c3cccc(C)c3C)nc(N)n2)n1. The zero-order chi connectivity index (χ0) is 21.7. The van der Waals surface area contributed by atoms with E-state index in [0.717, 1.165) is 16.8 Å². The summed E-state index contributed by atoms with van der Waals surface area (Å²) in [5.74, 6) is 0.682. The molecule has 0 bridgehead atoms. The van der Waals surface area contributed by atoms with Crippen LogP contribution in [-0.4, -0.2) is 46.1 Å². The monoisotopic (exact) mass is 407 g/mol. The number of nitrogens with zero attached hydrogens (tertiary/aromatic N) is 4. The predicted molar refractivity (Wildman–Crippen MR) is 116 cm³/mol. The number of nitrogens with two attached hydrogens (primary N) is 1. The third-order valence-corrected chi connectivity index (χ3v) is 4.59. The van der Waals surface area contributed by atoms with Gasteiger partial charge in [0.1, 0.15) is 5.82 Å². The van der Waals surface area contributed by atoms with Gasteiger partial charge in [0.05, 0.1) is 12.8 Å². The Hall–Kier alpha value is -3.75. The summed E-state index contributed by atoms with van der Waals surface area (Å²) in [6, 6.07) is 9.53. The maximum Gasteiger partial charge on any atom is 0.356 e. The standard InChI is InChI=1S/C21H25N7O2/c1-12-6-5-7-15(14(12)3)16-11-18(28-20(22)26-16)23-8-9-24-21-25-13(2)10-17(27-21)19(29)30-4/h5-7,10-11H,8-9H2,1-4H3,(H,24,25,27)(H3,22,23,26,28).